The van der Waals surface area contributed by atoms with Crippen LogP contribution in [0.5, 0.6) is 17.2 Å². The lowest BCUT2D eigenvalue weighted by Gasteiger charge is -2.19. The van der Waals surface area contributed by atoms with E-state index in [1.54, 1.807) is 12.1 Å². The first kappa shape index (κ1) is 22.1. The van der Waals surface area contributed by atoms with Crippen LogP contribution in [-0.4, -0.2) is 11.3 Å². The van der Waals surface area contributed by atoms with E-state index < -0.39 is 11.3 Å². The molecule has 0 fully saturated rings. The van der Waals surface area contributed by atoms with Gasteiger partial charge in [-0.3, -0.25) is 10.1 Å². The second-order valence-corrected chi connectivity index (χ2v) is 7.89. The average Bonchev–Trinajstić information content (AvgIpc) is 2.67. The molecular weight excluding hydrogens is 411 g/mol. The number of halogens is 3. The Kier molecular flexibility index (Phi) is 5.92. The number of nitrogens with zero attached hydrogens (tertiary/aromatic N) is 1. The Balaban J connectivity index is 1.90. The van der Waals surface area contributed by atoms with Gasteiger partial charge in [-0.05, 0) is 58.5 Å². The number of benzene rings is 3. The quantitative estimate of drug-likeness (QED) is 0.315. The van der Waals surface area contributed by atoms with Crippen molar-refractivity contribution in [2.75, 3.05) is 0 Å². The predicted molar refractivity (Wildman–Crippen MR) is 110 cm³/mol. The summed E-state index contributed by atoms with van der Waals surface area (Å²) in [5, 5.41) is 11.4. The van der Waals surface area contributed by atoms with E-state index in [9.17, 15) is 23.3 Å². The molecule has 0 unspecified atom stereocenters. The van der Waals surface area contributed by atoms with E-state index in [1.165, 1.54) is 42.5 Å². The van der Waals surface area contributed by atoms with Gasteiger partial charge < -0.3 is 9.47 Å². The van der Waals surface area contributed by atoms with E-state index >= 15 is 0 Å². The van der Waals surface area contributed by atoms with Gasteiger partial charge >= 0.3 is 12.0 Å². The molecule has 3 aromatic carbocycles. The van der Waals surface area contributed by atoms with Crippen LogP contribution < -0.4 is 9.47 Å². The van der Waals surface area contributed by atoms with Crippen molar-refractivity contribution < 1.29 is 27.6 Å². The SMILES string of the molecule is CC(C)(C)c1ccc(Oc2cc(-c3ccc(OC(F)(F)F)cc3)ccc2[N+](=O)[O-])cc1. The van der Waals surface area contributed by atoms with Gasteiger partial charge in [-0.25, -0.2) is 0 Å². The summed E-state index contributed by atoms with van der Waals surface area (Å²) in [4.78, 5) is 10.9. The number of nitro groups is 1. The van der Waals surface area contributed by atoms with Gasteiger partial charge in [-0.15, -0.1) is 13.2 Å². The summed E-state index contributed by atoms with van der Waals surface area (Å²) in [5.41, 5.74) is 1.92. The molecule has 0 heterocycles. The third-order valence-corrected chi connectivity index (χ3v) is 4.53. The van der Waals surface area contributed by atoms with Crippen LogP contribution in [0.15, 0.2) is 66.7 Å². The highest BCUT2D eigenvalue weighted by molar-refractivity contribution is 5.69. The molecule has 0 atom stereocenters. The maximum atomic E-state index is 12.3. The lowest BCUT2D eigenvalue weighted by molar-refractivity contribution is -0.385. The predicted octanol–water partition coefficient (Wildman–Crippen LogP) is 7.25. The molecule has 3 rings (SSSR count). The Hall–Kier alpha value is -3.55. The lowest BCUT2D eigenvalue weighted by atomic mass is 9.87. The minimum Gasteiger partial charge on any atom is -0.450 e. The van der Waals surface area contributed by atoms with Crippen LogP contribution in [-0.2, 0) is 5.41 Å². The number of rotatable bonds is 5. The summed E-state index contributed by atoms with van der Waals surface area (Å²) in [5.74, 6) is 0.109. The number of ether oxygens (including phenoxy) is 2. The fourth-order valence-electron chi connectivity index (χ4n) is 2.93. The molecule has 0 saturated carbocycles. The van der Waals surface area contributed by atoms with E-state index in [-0.39, 0.29) is 22.6 Å². The van der Waals surface area contributed by atoms with Crippen LogP contribution >= 0.6 is 0 Å². The minimum absolute atomic E-state index is 0.0293. The first-order chi connectivity index (χ1) is 14.4. The van der Waals surface area contributed by atoms with Gasteiger partial charge in [-0.1, -0.05) is 45.0 Å². The van der Waals surface area contributed by atoms with Crippen molar-refractivity contribution in [1.29, 1.82) is 0 Å². The van der Waals surface area contributed by atoms with Crippen molar-refractivity contribution in [2.45, 2.75) is 32.5 Å². The molecule has 0 aromatic heterocycles. The van der Waals surface area contributed by atoms with Gasteiger partial charge in [0.15, 0.2) is 0 Å². The van der Waals surface area contributed by atoms with Gasteiger partial charge in [0.2, 0.25) is 5.75 Å². The van der Waals surface area contributed by atoms with Crippen molar-refractivity contribution in [1.82, 2.24) is 0 Å². The molecular formula is C23H20F3NO4. The highest BCUT2D eigenvalue weighted by Gasteiger charge is 2.31. The van der Waals surface area contributed by atoms with E-state index in [0.717, 1.165) is 5.56 Å². The van der Waals surface area contributed by atoms with Crippen molar-refractivity contribution in [2.24, 2.45) is 0 Å². The molecule has 8 heteroatoms. The molecule has 0 spiro atoms. The van der Waals surface area contributed by atoms with Crippen molar-refractivity contribution in [3.8, 4) is 28.4 Å². The molecule has 5 nitrogen and oxygen atoms in total. The summed E-state index contributed by atoms with van der Waals surface area (Å²) in [6, 6.07) is 16.8. The first-order valence-corrected chi connectivity index (χ1v) is 9.35. The summed E-state index contributed by atoms with van der Waals surface area (Å²) in [6.45, 7) is 6.21. The van der Waals surface area contributed by atoms with Gasteiger partial charge in [0, 0.05) is 6.07 Å². The average molecular weight is 431 g/mol. The Bertz CT molecular complexity index is 1070. The molecule has 0 aliphatic rings. The van der Waals surface area contributed by atoms with Crippen LogP contribution in [0.25, 0.3) is 11.1 Å². The summed E-state index contributed by atoms with van der Waals surface area (Å²) < 4.78 is 46.6. The van der Waals surface area contributed by atoms with Crippen LogP contribution in [0.2, 0.25) is 0 Å². The third kappa shape index (κ3) is 5.75. The van der Waals surface area contributed by atoms with E-state index in [2.05, 4.69) is 25.5 Å². The molecule has 0 saturated heterocycles. The number of hydrogen-bond acceptors (Lipinski definition) is 4. The number of nitro benzene ring substituents is 1. The van der Waals surface area contributed by atoms with E-state index in [0.29, 0.717) is 16.9 Å². The molecule has 3 aromatic rings. The summed E-state index contributed by atoms with van der Waals surface area (Å²) in [6.07, 6.45) is -4.78. The van der Waals surface area contributed by atoms with Gasteiger partial charge in [-0.2, -0.15) is 0 Å². The van der Waals surface area contributed by atoms with E-state index in [1.807, 2.05) is 12.1 Å². The van der Waals surface area contributed by atoms with Crippen LogP contribution in [0, 0.1) is 10.1 Å². The summed E-state index contributed by atoms with van der Waals surface area (Å²) in [7, 11) is 0. The molecule has 0 aliphatic carbocycles. The molecule has 0 N–H and O–H groups in total. The topological polar surface area (TPSA) is 61.6 Å². The smallest absolute Gasteiger partial charge is 0.450 e. The molecule has 0 bridgehead atoms. The van der Waals surface area contributed by atoms with Crippen molar-refractivity contribution >= 4 is 5.69 Å². The second-order valence-electron chi connectivity index (χ2n) is 7.89. The van der Waals surface area contributed by atoms with Crippen molar-refractivity contribution in [3.63, 3.8) is 0 Å². The lowest BCUT2D eigenvalue weighted by Crippen LogP contribution is -2.16. The first-order valence-electron chi connectivity index (χ1n) is 9.35. The Morgan fingerprint density at radius 1 is 0.806 bits per heavy atom. The highest BCUT2D eigenvalue weighted by Crippen LogP contribution is 2.36. The Morgan fingerprint density at radius 3 is 1.87 bits per heavy atom. The maximum absolute atomic E-state index is 12.3. The van der Waals surface area contributed by atoms with Crippen LogP contribution in [0.3, 0.4) is 0 Å². The fraction of sp³-hybridized carbons (Fsp3) is 0.217. The molecule has 0 aliphatic heterocycles. The third-order valence-electron chi connectivity index (χ3n) is 4.53. The number of hydrogen-bond donors (Lipinski definition) is 0. The zero-order valence-corrected chi connectivity index (χ0v) is 17.1. The zero-order valence-electron chi connectivity index (χ0n) is 17.1. The molecule has 0 radical (unpaired) electrons. The summed E-state index contributed by atoms with van der Waals surface area (Å²) >= 11 is 0. The normalized spacial score (nSPS) is 11.8. The second kappa shape index (κ2) is 8.29. The van der Waals surface area contributed by atoms with Gasteiger partial charge in [0.25, 0.3) is 0 Å². The highest BCUT2D eigenvalue weighted by atomic mass is 19.4. The van der Waals surface area contributed by atoms with Gasteiger partial charge in [0.1, 0.15) is 11.5 Å². The van der Waals surface area contributed by atoms with E-state index in [4.69, 9.17) is 4.74 Å². The maximum Gasteiger partial charge on any atom is 0.573 e. The number of alkyl halides is 3. The minimum atomic E-state index is -4.78. The molecule has 31 heavy (non-hydrogen) atoms. The Labute approximate surface area is 177 Å². The molecule has 162 valence electrons. The van der Waals surface area contributed by atoms with Crippen LogP contribution in [0.4, 0.5) is 18.9 Å². The van der Waals surface area contributed by atoms with Crippen LogP contribution in [0.1, 0.15) is 26.3 Å². The largest absolute Gasteiger partial charge is 0.573 e. The fourth-order valence-corrected chi connectivity index (χ4v) is 2.93. The zero-order chi connectivity index (χ0) is 22.8. The monoisotopic (exact) mass is 431 g/mol. The van der Waals surface area contributed by atoms with Gasteiger partial charge in [0.05, 0.1) is 4.92 Å². The Morgan fingerprint density at radius 2 is 1.35 bits per heavy atom. The molecule has 0 amide bonds. The van der Waals surface area contributed by atoms with Crippen molar-refractivity contribution in [3.05, 3.63) is 82.4 Å². The standard InChI is InChI=1S/C23H20F3NO4/c1-22(2,3)17-7-11-18(12-8-17)30-21-14-16(6-13-20(21)27(28)29)15-4-9-19(10-5-15)31-23(24,25)26/h4-14H,1-3H3.